The molecule has 26 heavy (non-hydrogen) atoms. The number of ether oxygens (including phenoxy) is 1. The molecule has 2 aliphatic rings. The molecule has 4 nitrogen and oxygen atoms in total. The van der Waals surface area contributed by atoms with Crippen molar-refractivity contribution in [2.75, 3.05) is 39.3 Å². The molecule has 2 fully saturated rings. The molecular weight excluding hydrogens is 322 g/mol. The Morgan fingerprint density at radius 1 is 0.923 bits per heavy atom. The lowest BCUT2D eigenvalue weighted by Crippen LogP contribution is -2.56. The van der Waals surface area contributed by atoms with Crippen molar-refractivity contribution in [3.63, 3.8) is 0 Å². The van der Waals surface area contributed by atoms with Gasteiger partial charge in [-0.2, -0.15) is 0 Å². The smallest absolute Gasteiger partial charge is 0.0833 e. The third-order valence-electron chi connectivity index (χ3n) is 5.77. The standard InChI is InChI=1S/C22H29N3O/c1-2-6-20(7-3-1)9-13-24-14-10-22(11-15-24)19-25(16-17-26-22)18-21-8-4-5-12-23-21/h1-8,12H,9-11,13-19H2. The summed E-state index contributed by atoms with van der Waals surface area (Å²) in [6.45, 7) is 7.26. The number of nitrogens with zero attached hydrogens (tertiary/aromatic N) is 3. The van der Waals surface area contributed by atoms with Crippen molar-refractivity contribution in [3.05, 3.63) is 66.0 Å². The summed E-state index contributed by atoms with van der Waals surface area (Å²) in [6, 6.07) is 17.0. The molecule has 0 atom stereocenters. The van der Waals surface area contributed by atoms with Crippen LogP contribution in [0.5, 0.6) is 0 Å². The van der Waals surface area contributed by atoms with Crippen LogP contribution in [0.4, 0.5) is 0 Å². The van der Waals surface area contributed by atoms with Gasteiger partial charge in [-0.1, -0.05) is 36.4 Å². The molecule has 2 aromatic rings. The first kappa shape index (κ1) is 17.7. The molecule has 0 N–H and O–H groups in total. The second-order valence-corrected chi connectivity index (χ2v) is 7.64. The van der Waals surface area contributed by atoms with Gasteiger partial charge in [-0.05, 0) is 37.0 Å². The van der Waals surface area contributed by atoms with Crippen LogP contribution in [-0.4, -0.2) is 59.7 Å². The second kappa shape index (κ2) is 8.30. The van der Waals surface area contributed by atoms with E-state index in [2.05, 4.69) is 57.2 Å². The maximum atomic E-state index is 6.30. The average molecular weight is 351 g/mol. The summed E-state index contributed by atoms with van der Waals surface area (Å²) in [7, 11) is 0. The minimum absolute atomic E-state index is 0.0519. The number of hydrogen-bond acceptors (Lipinski definition) is 4. The van der Waals surface area contributed by atoms with Crippen molar-refractivity contribution in [1.82, 2.24) is 14.8 Å². The lowest BCUT2D eigenvalue weighted by molar-refractivity contribution is -0.137. The van der Waals surface area contributed by atoms with E-state index in [4.69, 9.17) is 4.74 Å². The van der Waals surface area contributed by atoms with E-state index in [0.29, 0.717) is 0 Å². The highest BCUT2D eigenvalue weighted by Crippen LogP contribution is 2.30. The van der Waals surface area contributed by atoms with Crippen molar-refractivity contribution in [1.29, 1.82) is 0 Å². The summed E-state index contributed by atoms with van der Waals surface area (Å²) in [6.07, 6.45) is 5.30. The van der Waals surface area contributed by atoms with Crippen molar-refractivity contribution >= 4 is 0 Å². The Bertz CT molecular complexity index is 668. The molecule has 2 aliphatic heterocycles. The number of rotatable bonds is 5. The Kier molecular flexibility index (Phi) is 5.63. The summed E-state index contributed by atoms with van der Waals surface area (Å²) in [4.78, 5) is 9.60. The third-order valence-corrected chi connectivity index (χ3v) is 5.77. The van der Waals surface area contributed by atoms with Gasteiger partial charge in [0.05, 0.1) is 17.9 Å². The molecule has 1 spiro atoms. The number of aromatic nitrogens is 1. The van der Waals surface area contributed by atoms with Gasteiger partial charge in [0, 0.05) is 45.5 Å². The van der Waals surface area contributed by atoms with Crippen LogP contribution >= 0.6 is 0 Å². The molecule has 0 bridgehead atoms. The van der Waals surface area contributed by atoms with Crippen LogP contribution in [0.15, 0.2) is 54.7 Å². The van der Waals surface area contributed by atoms with Crippen molar-refractivity contribution in [2.45, 2.75) is 31.4 Å². The van der Waals surface area contributed by atoms with E-state index < -0.39 is 0 Å². The van der Waals surface area contributed by atoms with Crippen LogP contribution in [0.1, 0.15) is 24.1 Å². The number of hydrogen-bond donors (Lipinski definition) is 0. The molecule has 3 heterocycles. The largest absolute Gasteiger partial charge is 0.372 e. The molecular formula is C22H29N3O. The molecule has 2 saturated heterocycles. The van der Waals surface area contributed by atoms with Gasteiger partial charge in [0.25, 0.3) is 0 Å². The number of morpholine rings is 1. The highest BCUT2D eigenvalue weighted by Gasteiger charge is 2.39. The topological polar surface area (TPSA) is 28.6 Å². The number of benzene rings is 1. The minimum Gasteiger partial charge on any atom is -0.372 e. The zero-order valence-electron chi connectivity index (χ0n) is 15.5. The van der Waals surface area contributed by atoms with Gasteiger partial charge in [0.2, 0.25) is 0 Å². The fourth-order valence-electron chi connectivity index (χ4n) is 4.20. The lowest BCUT2D eigenvalue weighted by Gasteiger charge is -2.47. The predicted molar refractivity (Wildman–Crippen MR) is 104 cm³/mol. The molecule has 0 saturated carbocycles. The monoisotopic (exact) mass is 351 g/mol. The Balaban J connectivity index is 1.27. The summed E-state index contributed by atoms with van der Waals surface area (Å²) >= 11 is 0. The molecule has 4 rings (SSSR count). The van der Waals surface area contributed by atoms with Gasteiger partial charge >= 0.3 is 0 Å². The highest BCUT2D eigenvalue weighted by molar-refractivity contribution is 5.15. The van der Waals surface area contributed by atoms with E-state index in [9.17, 15) is 0 Å². The number of pyridine rings is 1. The first-order valence-electron chi connectivity index (χ1n) is 9.84. The fraction of sp³-hybridized carbons (Fsp3) is 0.500. The molecule has 4 heteroatoms. The van der Waals surface area contributed by atoms with Crippen LogP contribution in [-0.2, 0) is 17.7 Å². The second-order valence-electron chi connectivity index (χ2n) is 7.64. The van der Waals surface area contributed by atoms with E-state index in [1.54, 1.807) is 0 Å². The summed E-state index contributed by atoms with van der Waals surface area (Å²) in [5.74, 6) is 0. The molecule has 0 aliphatic carbocycles. The lowest BCUT2D eigenvalue weighted by atomic mass is 9.89. The van der Waals surface area contributed by atoms with Gasteiger partial charge in [-0.25, -0.2) is 0 Å². The zero-order chi connectivity index (χ0) is 17.7. The summed E-state index contributed by atoms with van der Waals surface area (Å²) < 4.78 is 6.30. The van der Waals surface area contributed by atoms with Crippen molar-refractivity contribution in [3.8, 4) is 0 Å². The van der Waals surface area contributed by atoms with E-state index in [0.717, 1.165) is 70.8 Å². The minimum atomic E-state index is 0.0519. The number of piperidine rings is 1. The van der Waals surface area contributed by atoms with Crippen molar-refractivity contribution < 1.29 is 4.74 Å². The van der Waals surface area contributed by atoms with E-state index >= 15 is 0 Å². The van der Waals surface area contributed by atoms with Crippen LogP contribution in [0.25, 0.3) is 0 Å². The number of likely N-dealkylation sites (tertiary alicyclic amines) is 1. The van der Waals surface area contributed by atoms with Crippen LogP contribution in [0.3, 0.4) is 0 Å². The zero-order valence-corrected chi connectivity index (χ0v) is 15.5. The Labute approximate surface area is 156 Å². The summed E-state index contributed by atoms with van der Waals surface area (Å²) in [5.41, 5.74) is 2.64. The first-order valence-corrected chi connectivity index (χ1v) is 9.84. The predicted octanol–water partition coefficient (Wildman–Crippen LogP) is 2.99. The molecule has 138 valence electrons. The van der Waals surface area contributed by atoms with Crippen LogP contribution < -0.4 is 0 Å². The van der Waals surface area contributed by atoms with Gasteiger partial charge in [-0.3, -0.25) is 9.88 Å². The maximum absolute atomic E-state index is 6.30. The maximum Gasteiger partial charge on any atom is 0.0833 e. The van der Waals surface area contributed by atoms with E-state index in [1.807, 2.05) is 12.3 Å². The Morgan fingerprint density at radius 3 is 2.50 bits per heavy atom. The SMILES string of the molecule is c1ccc(CCN2CCC3(CC2)CN(Cc2ccccn2)CCO3)cc1. The normalized spacial score (nSPS) is 21.1. The van der Waals surface area contributed by atoms with E-state index in [1.165, 1.54) is 5.56 Å². The first-order chi connectivity index (χ1) is 12.8. The highest BCUT2D eigenvalue weighted by atomic mass is 16.5. The Morgan fingerprint density at radius 2 is 1.73 bits per heavy atom. The third kappa shape index (κ3) is 4.50. The summed E-state index contributed by atoms with van der Waals surface area (Å²) in [5, 5.41) is 0. The molecule has 0 amide bonds. The van der Waals surface area contributed by atoms with Crippen LogP contribution in [0, 0.1) is 0 Å². The van der Waals surface area contributed by atoms with Crippen molar-refractivity contribution in [2.24, 2.45) is 0 Å². The Hall–Kier alpha value is -1.75. The molecule has 0 unspecified atom stereocenters. The van der Waals surface area contributed by atoms with Gasteiger partial charge in [0.15, 0.2) is 0 Å². The molecule has 1 aromatic heterocycles. The average Bonchev–Trinajstić information content (AvgIpc) is 2.69. The fourth-order valence-corrected chi connectivity index (χ4v) is 4.20. The van der Waals surface area contributed by atoms with Gasteiger partial charge in [-0.15, -0.1) is 0 Å². The molecule has 0 radical (unpaired) electrons. The quantitative estimate of drug-likeness (QED) is 0.828. The van der Waals surface area contributed by atoms with E-state index in [-0.39, 0.29) is 5.60 Å². The van der Waals surface area contributed by atoms with Crippen LogP contribution in [0.2, 0.25) is 0 Å². The van der Waals surface area contributed by atoms with Gasteiger partial charge < -0.3 is 9.64 Å². The molecule has 1 aromatic carbocycles. The van der Waals surface area contributed by atoms with Gasteiger partial charge in [0.1, 0.15) is 0 Å².